The Labute approximate surface area is 95.9 Å². The summed E-state index contributed by atoms with van der Waals surface area (Å²) < 4.78 is 4.73. The van der Waals surface area contributed by atoms with Crippen molar-refractivity contribution in [1.82, 2.24) is 0 Å². The van der Waals surface area contributed by atoms with E-state index in [1.54, 1.807) is 0 Å². The summed E-state index contributed by atoms with van der Waals surface area (Å²) in [7, 11) is 1.44. The zero-order chi connectivity index (χ0) is 11.5. The number of benzene rings is 1. The van der Waals surface area contributed by atoms with Gasteiger partial charge in [0.25, 0.3) is 0 Å². The molecular weight excluding hydrogens is 200 g/mol. The third kappa shape index (κ3) is 1.87. The molecule has 0 spiro atoms. The summed E-state index contributed by atoms with van der Waals surface area (Å²) in [5.41, 5.74) is 2.65. The number of esters is 1. The molecule has 2 heteroatoms. The van der Waals surface area contributed by atoms with E-state index < -0.39 is 0 Å². The molecule has 0 radical (unpaired) electrons. The summed E-state index contributed by atoms with van der Waals surface area (Å²) in [5.74, 6) is 0.460. The van der Waals surface area contributed by atoms with Crippen molar-refractivity contribution in [2.75, 3.05) is 7.11 Å². The topological polar surface area (TPSA) is 26.3 Å². The number of carbonyl (C=O) groups is 1. The molecule has 0 unspecified atom stereocenters. The molecule has 0 amide bonds. The lowest BCUT2D eigenvalue weighted by molar-refractivity contribution is -0.141. The van der Waals surface area contributed by atoms with E-state index in [9.17, 15) is 4.79 Å². The van der Waals surface area contributed by atoms with Gasteiger partial charge in [-0.25, -0.2) is 0 Å². The van der Waals surface area contributed by atoms with Gasteiger partial charge in [0.2, 0.25) is 0 Å². The molecule has 0 aromatic heterocycles. The Morgan fingerprint density at radius 2 is 2.31 bits per heavy atom. The van der Waals surface area contributed by atoms with Crippen LogP contribution in [0.4, 0.5) is 0 Å². The van der Waals surface area contributed by atoms with Crippen LogP contribution in [0.15, 0.2) is 36.9 Å². The molecule has 2 rings (SSSR count). The number of methoxy groups -OCH3 is 1. The van der Waals surface area contributed by atoms with Gasteiger partial charge in [-0.15, -0.1) is 6.58 Å². The van der Waals surface area contributed by atoms with E-state index in [-0.39, 0.29) is 11.9 Å². The fourth-order valence-corrected chi connectivity index (χ4v) is 2.52. The maximum Gasteiger partial charge on any atom is 0.305 e. The Balaban J connectivity index is 2.21. The van der Waals surface area contributed by atoms with Crippen molar-refractivity contribution in [3.05, 3.63) is 48.0 Å². The van der Waals surface area contributed by atoms with Crippen molar-refractivity contribution < 1.29 is 9.53 Å². The van der Waals surface area contributed by atoms with E-state index in [2.05, 4.69) is 18.7 Å². The second-order valence-corrected chi connectivity index (χ2v) is 4.20. The summed E-state index contributed by atoms with van der Waals surface area (Å²) in [5, 5.41) is 0. The fraction of sp³-hybridized carbons (Fsp3) is 0.357. The highest BCUT2D eigenvalue weighted by atomic mass is 16.5. The molecule has 0 fully saturated rings. The van der Waals surface area contributed by atoms with Crippen molar-refractivity contribution in [3.63, 3.8) is 0 Å². The Morgan fingerprint density at radius 1 is 1.56 bits per heavy atom. The molecule has 1 aromatic rings. The second kappa shape index (κ2) is 4.52. The van der Waals surface area contributed by atoms with Crippen LogP contribution >= 0.6 is 0 Å². The molecule has 16 heavy (non-hydrogen) atoms. The van der Waals surface area contributed by atoms with Crippen molar-refractivity contribution in [2.45, 2.75) is 18.8 Å². The van der Waals surface area contributed by atoms with Gasteiger partial charge in [0.1, 0.15) is 0 Å². The molecule has 0 saturated heterocycles. The Hall–Kier alpha value is -1.57. The molecular formula is C14H16O2. The SMILES string of the molecule is C=C[C@@H]1c2ccccc2C[C@H]1CC(=O)OC. The van der Waals surface area contributed by atoms with Gasteiger partial charge in [-0.05, 0) is 23.5 Å². The number of allylic oxidation sites excluding steroid dienone is 1. The van der Waals surface area contributed by atoms with E-state index in [1.165, 1.54) is 18.2 Å². The van der Waals surface area contributed by atoms with Crippen molar-refractivity contribution in [1.29, 1.82) is 0 Å². The lowest BCUT2D eigenvalue weighted by Crippen LogP contribution is -2.13. The summed E-state index contributed by atoms with van der Waals surface area (Å²) in [6.07, 6.45) is 3.36. The van der Waals surface area contributed by atoms with Gasteiger partial charge in [0, 0.05) is 12.3 Å². The smallest absolute Gasteiger partial charge is 0.305 e. The Bertz CT molecular complexity index is 409. The summed E-state index contributed by atoms with van der Waals surface area (Å²) in [4.78, 5) is 11.3. The predicted octanol–water partition coefficient (Wildman–Crippen LogP) is 2.69. The molecule has 2 nitrogen and oxygen atoms in total. The normalized spacial score (nSPS) is 22.6. The zero-order valence-corrected chi connectivity index (χ0v) is 9.48. The third-order valence-electron chi connectivity index (χ3n) is 3.31. The minimum absolute atomic E-state index is 0.135. The average molecular weight is 216 g/mol. The van der Waals surface area contributed by atoms with Crippen LogP contribution in [0.1, 0.15) is 23.5 Å². The van der Waals surface area contributed by atoms with Gasteiger partial charge in [-0.3, -0.25) is 4.79 Å². The summed E-state index contributed by atoms with van der Waals surface area (Å²) in [6, 6.07) is 8.33. The highest BCUT2D eigenvalue weighted by Gasteiger charge is 2.31. The minimum Gasteiger partial charge on any atom is -0.469 e. The molecule has 1 aliphatic rings. The molecule has 0 N–H and O–H groups in total. The molecule has 1 aliphatic carbocycles. The monoisotopic (exact) mass is 216 g/mol. The third-order valence-corrected chi connectivity index (χ3v) is 3.31. The molecule has 0 heterocycles. The molecule has 84 valence electrons. The Kier molecular flexibility index (Phi) is 3.09. The average Bonchev–Trinajstić information content (AvgIpc) is 2.65. The van der Waals surface area contributed by atoms with Crippen molar-refractivity contribution in [2.24, 2.45) is 5.92 Å². The van der Waals surface area contributed by atoms with Crippen LogP contribution < -0.4 is 0 Å². The van der Waals surface area contributed by atoms with E-state index in [4.69, 9.17) is 4.74 Å². The number of fused-ring (bicyclic) bond motifs is 1. The summed E-state index contributed by atoms with van der Waals surface area (Å²) in [6.45, 7) is 3.87. The van der Waals surface area contributed by atoms with Crippen LogP contribution in [-0.2, 0) is 16.0 Å². The van der Waals surface area contributed by atoms with Gasteiger partial charge < -0.3 is 4.74 Å². The van der Waals surface area contributed by atoms with E-state index in [1.807, 2.05) is 18.2 Å². The molecule has 1 aromatic carbocycles. The first kappa shape index (κ1) is 10.9. The van der Waals surface area contributed by atoms with Crippen molar-refractivity contribution >= 4 is 5.97 Å². The van der Waals surface area contributed by atoms with Gasteiger partial charge in [0.15, 0.2) is 0 Å². The first-order chi connectivity index (χ1) is 7.76. The maximum atomic E-state index is 11.3. The first-order valence-corrected chi connectivity index (χ1v) is 5.53. The maximum absolute atomic E-state index is 11.3. The van der Waals surface area contributed by atoms with Crippen LogP contribution in [0.2, 0.25) is 0 Å². The quantitative estimate of drug-likeness (QED) is 0.573. The van der Waals surface area contributed by atoms with Gasteiger partial charge in [0.05, 0.1) is 7.11 Å². The number of rotatable bonds is 3. The number of hydrogen-bond acceptors (Lipinski definition) is 2. The minimum atomic E-state index is -0.135. The first-order valence-electron chi connectivity index (χ1n) is 5.53. The van der Waals surface area contributed by atoms with Gasteiger partial charge in [-0.2, -0.15) is 0 Å². The van der Waals surface area contributed by atoms with Crippen LogP contribution in [0.25, 0.3) is 0 Å². The van der Waals surface area contributed by atoms with Gasteiger partial charge in [-0.1, -0.05) is 30.3 Å². The second-order valence-electron chi connectivity index (χ2n) is 4.20. The molecule has 0 bridgehead atoms. The summed E-state index contributed by atoms with van der Waals surface area (Å²) >= 11 is 0. The van der Waals surface area contributed by atoms with Gasteiger partial charge >= 0.3 is 5.97 Å². The van der Waals surface area contributed by atoms with Crippen LogP contribution in [-0.4, -0.2) is 13.1 Å². The molecule has 0 aliphatic heterocycles. The Morgan fingerprint density at radius 3 is 3.00 bits per heavy atom. The number of ether oxygens (including phenoxy) is 1. The van der Waals surface area contributed by atoms with Crippen LogP contribution in [0, 0.1) is 5.92 Å². The van der Waals surface area contributed by atoms with Crippen LogP contribution in [0.5, 0.6) is 0 Å². The standard InChI is InChI=1S/C14H16O2/c1-3-12-11(9-14(15)16-2)8-10-6-4-5-7-13(10)12/h3-7,11-12H,1,8-9H2,2H3/t11-,12-/m0/s1. The zero-order valence-electron chi connectivity index (χ0n) is 9.48. The number of hydrogen-bond donors (Lipinski definition) is 0. The van der Waals surface area contributed by atoms with E-state index >= 15 is 0 Å². The van der Waals surface area contributed by atoms with Crippen molar-refractivity contribution in [3.8, 4) is 0 Å². The predicted molar refractivity (Wildman–Crippen MR) is 63.2 cm³/mol. The molecule has 2 atom stereocenters. The fourth-order valence-electron chi connectivity index (χ4n) is 2.52. The van der Waals surface area contributed by atoms with Crippen LogP contribution in [0.3, 0.4) is 0 Å². The lowest BCUT2D eigenvalue weighted by atomic mass is 9.90. The largest absolute Gasteiger partial charge is 0.469 e. The molecule has 0 saturated carbocycles. The van der Waals surface area contributed by atoms with E-state index in [0.717, 1.165) is 6.42 Å². The highest BCUT2D eigenvalue weighted by Crippen LogP contribution is 2.40. The number of carbonyl (C=O) groups excluding carboxylic acids is 1. The highest BCUT2D eigenvalue weighted by molar-refractivity contribution is 5.70. The van der Waals surface area contributed by atoms with E-state index in [0.29, 0.717) is 12.3 Å². The lowest BCUT2D eigenvalue weighted by Gasteiger charge is -2.15.